The fraction of sp³-hybridized carbons (Fsp3) is 0.538. The molecule has 1 N–H and O–H groups in total. The zero-order valence-corrected chi connectivity index (χ0v) is 12.7. The third-order valence-corrected chi connectivity index (χ3v) is 3.11. The second-order valence-corrected chi connectivity index (χ2v) is 4.69. The summed E-state index contributed by atoms with van der Waals surface area (Å²) in [5.41, 5.74) is 1.15. The SMILES string of the molecule is COCCCNCc1cc(Br)c(OC)c(OC)c1. The van der Waals surface area contributed by atoms with E-state index in [0.29, 0.717) is 0 Å². The highest BCUT2D eigenvalue weighted by Crippen LogP contribution is 2.36. The number of nitrogens with one attached hydrogen (secondary N) is 1. The second kappa shape index (κ2) is 8.34. The maximum atomic E-state index is 5.30. The Morgan fingerprint density at radius 1 is 1.17 bits per heavy atom. The first-order valence-corrected chi connectivity index (χ1v) is 6.62. The first-order valence-electron chi connectivity index (χ1n) is 5.83. The van der Waals surface area contributed by atoms with Gasteiger partial charge in [0.25, 0.3) is 0 Å². The van der Waals surface area contributed by atoms with Crippen LogP contribution in [0.15, 0.2) is 16.6 Å². The van der Waals surface area contributed by atoms with Crippen molar-refractivity contribution in [2.75, 3.05) is 34.5 Å². The molecular formula is C13H20BrNO3. The Bertz CT molecular complexity index is 371. The molecular weight excluding hydrogens is 298 g/mol. The molecule has 102 valence electrons. The molecule has 0 spiro atoms. The van der Waals surface area contributed by atoms with Gasteiger partial charge in [-0.05, 0) is 46.6 Å². The maximum Gasteiger partial charge on any atom is 0.174 e. The van der Waals surface area contributed by atoms with Crippen molar-refractivity contribution in [3.05, 3.63) is 22.2 Å². The molecule has 18 heavy (non-hydrogen) atoms. The van der Waals surface area contributed by atoms with E-state index in [1.165, 1.54) is 0 Å². The summed E-state index contributed by atoms with van der Waals surface area (Å²) in [7, 11) is 4.98. The van der Waals surface area contributed by atoms with Crippen LogP contribution in [0, 0.1) is 0 Å². The van der Waals surface area contributed by atoms with Crippen molar-refractivity contribution in [3.63, 3.8) is 0 Å². The highest BCUT2D eigenvalue weighted by Gasteiger charge is 2.10. The van der Waals surface area contributed by atoms with E-state index >= 15 is 0 Å². The predicted molar refractivity (Wildman–Crippen MR) is 75.4 cm³/mol. The zero-order chi connectivity index (χ0) is 13.4. The highest BCUT2D eigenvalue weighted by atomic mass is 79.9. The summed E-state index contributed by atoms with van der Waals surface area (Å²) >= 11 is 3.48. The number of rotatable bonds is 8. The molecule has 0 bridgehead atoms. The normalized spacial score (nSPS) is 10.4. The van der Waals surface area contributed by atoms with E-state index in [0.717, 1.165) is 47.7 Å². The van der Waals surface area contributed by atoms with Gasteiger partial charge in [-0.1, -0.05) is 0 Å². The van der Waals surface area contributed by atoms with Crippen LogP contribution in [0.3, 0.4) is 0 Å². The molecule has 1 rings (SSSR count). The number of halogens is 1. The molecule has 0 heterocycles. The van der Waals surface area contributed by atoms with Gasteiger partial charge in [-0.25, -0.2) is 0 Å². The van der Waals surface area contributed by atoms with E-state index in [2.05, 4.69) is 21.2 Å². The molecule has 1 aromatic carbocycles. The van der Waals surface area contributed by atoms with Crippen LogP contribution in [0.25, 0.3) is 0 Å². The van der Waals surface area contributed by atoms with Crippen molar-refractivity contribution in [3.8, 4) is 11.5 Å². The monoisotopic (exact) mass is 317 g/mol. The fourth-order valence-electron chi connectivity index (χ4n) is 1.65. The van der Waals surface area contributed by atoms with Crippen molar-refractivity contribution >= 4 is 15.9 Å². The molecule has 0 aliphatic carbocycles. The molecule has 0 atom stereocenters. The summed E-state index contributed by atoms with van der Waals surface area (Å²) < 4.78 is 16.5. The summed E-state index contributed by atoms with van der Waals surface area (Å²) in [5.74, 6) is 1.46. The largest absolute Gasteiger partial charge is 0.493 e. The van der Waals surface area contributed by atoms with Gasteiger partial charge in [0, 0.05) is 20.3 Å². The Balaban J connectivity index is 2.58. The van der Waals surface area contributed by atoms with Gasteiger partial charge in [-0.2, -0.15) is 0 Å². The Kier molecular flexibility index (Phi) is 7.08. The topological polar surface area (TPSA) is 39.7 Å². The average Bonchev–Trinajstić information content (AvgIpc) is 2.37. The molecule has 4 nitrogen and oxygen atoms in total. The van der Waals surface area contributed by atoms with Crippen LogP contribution in [-0.2, 0) is 11.3 Å². The summed E-state index contributed by atoms with van der Waals surface area (Å²) in [5, 5.41) is 3.36. The first kappa shape index (κ1) is 15.3. The molecule has 0 aromatic heterocycles. The van der Waals surface area contributed by atoms with Gasteiger partial charge in [-0.15, -0.1) is 0 Å². The first-order chi connectivity index (χ1) is 8.72. The lowest BCUT2D eigenvalue weighted by molar-refractivity contribution is 0.194. The Labute approximate surface area is 117 Å². The van der Waals surface area contributed by atoms with Crippen molar-refractivity contribution in [1.82, 2.24) is 5.32 Å². The molecule has 0 saturated carbocycles. The summed E-state index contributed by atoms with van der Waals surface area (Å²) in [6, 6.07) is 4.01. The lowest BCUT2D eigenvalue weighted by atomic mass is 10.2. The van der Waals surface area contributed by atoms with E-state index in [4.69, 9.17) is 14.2 Å². The predicted octanol–water partition coefficient (Wildman–Crippen LogP) is 2.59. The minimum atomic E-state index is 0.723. The van der Waals surface area contributed by atoms with Gasteiger partial charge >= 0.3 is 0 Å². The Hall–Kier alpha value is -0.780. The molecule has 0 aliphatic heterocycles. The van der Waals surface area contributed by atoms with E-state index in [-0.39, 0.29) is 0 Å². The lowest BCUT2D eigenvalue weighted by Crippen LogP contribution is -2.16. The van der Waals surface area contributed by atoms with Gasteiger partial charge < -0.3 is 19.5 Å². The lowest BCUT2D eigenvalue weighted by Gasteiger charge is -2.12. The highest BCUT2D eigenvalue weighted by molar-refractivity contribution is 9.10. The molecule has 0 amide bonds. The average molecular weight is 318 g/mol. The summed E-state index contributed by atoms with van der Waals surface area (Å²) in [4.78, 5) is 0. The summed E-state index contributed by atoms with van der Waals surface area (Å²) in [6.45, 7) is 2.51. The van der Waals surface area contributed by atoms with Crippen LogP contribution in [0.5, 0.6) is 11.5 Å². The molecule has 0 saturated heterocycles. The number of benzene rings is 1. The van der Waals surface area contributed by atoms with Gasteiger partial charge in [0.2, 0.25) is 0 Å². The molecule has 0 fully saturated rings. The van der Waals surface area contributed by atoms with Crippen LogP contribution < -0.4 is 14.8 Å². The van der Waals surface area contributed by atoms with Crippen molar-refractivity contribution in [2.45, 2.75) is 13.0 Å². The molecule has 0 aliphatic rings. The van der Waals surface area contributed by atoms with Crippen LogP contribution in [-0.4, -0.2) is 34.5 Å². The van der Waals surface area contributed by atoms with Crippen molar-refractivity contribution in [2.24, 2.45) is 0 Å². The van der Waals surface area contributed by atoms with Crippen LogP contribution in [0.4, 0.5) is 0 Å². The van der Waals surface area contributed by atoms with Gasteiger partial charge in [0.15, 0.2) is 11.5 Å². The number of ether oxygens (including phenoxy) is 3. The number of hydrogen-bond donors (Lipinski definition) is 1. The van der Waals surface area contributed by atoms with Crippen LogP contribution in [0.2, 0.25) is 0 Å². The van der Waals surface area contributed by atoms with E-state index in [9.17, 15) is 0 Å². The van der Waals surface area contributed by atoms with E-state index in [1.807, 2.05) is 12.1 Å². The Morgan fingerprint density at radius 3 is 2.56 bits per heavy atom. The Morgan fingerprint density at radius 2 is 1.94 bits per heavy atom. The third-order valence-electron chi connectivity index (χ3n) is 2.52. The molecule has 0 unspecified atom stereocenters. The number of hydrogen-bond acceptors (Lipinski definition) is 4. The second-order valence-electron chi connectivity index (χ2n) is 3.84. The minimum Gasteiger partial charge on any atom is -0.493 e. The van der Waals surface area contributed by atoms with Gasteiger partial charge in [-0.3, -0.25) is 0 Å². The number of methoxy groups -OCH3 is 3. The molecule has 0 radical (unpaired) electrons. The van der Waals surface area contributed by atoms with Crippen molar-refractivity contribution < 1.29 is 14.2 Å². The molecule has 5 heteroatoms. The maximum absolute atomic E-state index is 5.30. The third kappa shape index (κ3) is 4.48. The zero-order valence-electron chi connectivity index (χ0n) is 11.1. The van der Waals surface area contributed by atoms with Crippen LogP contribution >= 0.6 is 15.9 Å². The standard InChI is InChI=1S/C13H20BrNO3/c1-16-6-4-5-15-9-10-7-11(14)13(18-3)12(8-10)17-2/h7-8,15H,4-6,9H2,1-3H3. The molecule has 1 aromatic rings. The smallest absolute Gasteiger partial charge is 0.174 e. The van der Waals surface area contributed by atoms with Crippen LogP contribution in [0.1, 0.15) is 12.0 Å². The minimum absolute atomic E-state index is 0.723. The summed E-state index contributed by atoms with van der Waals surface area (Å²) in [6.07, 6.45) is 1.00. The van der Waals surface area contributed by atoms with Gasteiger partial charge in [0.05, 0.1) is 18.7 Å². The van der Waals surface area contributed by atoms with Crippen molar-refractivity contribution in [1.29, 1.82) is 0 Å². The van der Waals surface area contributed by atoms with E-state index in [1.54, 1.807) is 21.3 Å². The van der Waals surface area contributed by atoms with E-state index < -0.39 is 0 Å². The fourth-order valence-corrected chi connectivity index (χ4v) is 2.30. The van der Waals surface area contributed by atoms with Gasteiger partial charge in [0.1, 0.15) is 0 Å². The quantitative estimate of drug-likeness (QED) is 0.748.